The number of likely N-dealkylation sites (tertiary alicyclic amines) is 2. The first-order valence-electron chi connectivity index (χ1n) is 9.94. The van der Waals surface area contributed by atoms with Crippen LogP contribution in [-0.4, -0.2) is 53.3 Å². The molecule has 142 valence electrons. The van der Waals surface area contributed by atoms with E-state index in [-0.39, 0.29) is 29.8 Å². The topological polar surface area (TPSA) is 66.6 Å². The van der Waals surface area contributed by atoms with Gasteiger partial charge in [0.1, 0.15) is 0 Å². The Morgan fingerprint density at radius 3 is 2.62 bits per heavy atom. The van der Waals surface area contributed by atoms with Gasteiger partial charge in [-0.15, -0.1) is 0 Å². The Balaban J connectivity index is 1.62. The van der Waals surface area contributed by atoms with Crippen molar-refractivity contribution in [3.63, 3.8) is 0 Å². The molecule has 5 heteroatoms. The molecule has 2 amide bonds. The van der Waals surface area contributed by atoms with Crippen LogP contribution in [0.1, 0.15) is 44.6 Å². The quantitative estimate of drug-likeness (QED) is 0.898. The number of hydrogen-bond acceptors (Lipinski definition) is 3. The Hall–Kier alpha value is -1.88. The molecule has 0 saturated carbocycles. The van der Waals surface area contributed by atoms with E-state index >= 15 is 0 Å². The van der Waals surface area contributed by atoms with Crippen molar-refractivity contribution in [2.24, 2.45) is 11.7 Å². The highest BCUT2D eigenvalue weighted by Crippen LogP contribution is 2.25. The number of nitrogens with zero attached hydrogens (tertiary/aromatic N) is 2. The van der Waals surface area contributed by atoms with Gasteiger partial charge >= 0.3 is 0 Å². The predicted octanol–water partition coefficient (Wildman–Crippen LogP) is 2.20. The average molecular weight is 357 g/mol. The second-order valence-electron chi connectivity index (χ2n) is 7.80. The number of piperidine rings is 2. The van der Waals surface area contributed by atoms with E-state index < -0.39 is 0 Å². The third kappa shape index (κ3) is 4.44. The van der Waals surface area contributed by atoms with E-state index in [0.29, 0.717) is 13.0 Å². The maximum atomic E-state index is 13.1. The van der Waals surface area contributed by atoms with E-state index in [1.54, 1.807) is 0 Å². The molecule has 0 aliphatic carbocycles. The van der Waals surface area contributed by atoms with Crippen molar-refractivity contribution in [2.75, 3.05) is 19.6 Å². The third-order valence-electron chi connectivity index (χ3n) is 5.76. The van der Waals surface area contributed by atoms with E-state index in [1.807, 2.05) is 47.1 Å². The highest BCUT2D eigenvalue weighted by Gasteiger charge is 2.36. The molecule has 2 saturated heterocycles. The van der Waals surface area contributed by atoms with Crippen LogP contribution in [0.4, 0.5) is 0 Å². The van der Waals surface area contributed by atoms with Crippen LogP contribution in [0.3, 0.4) is 0 Å². The molecule has 3 rings (SSSR count). The monoisotopic (exact) mass is 357 g/mol. The van der Waals surface area contributed by atoms with Crippen LogP contribution in [0.5, 0.6) is 0 Å². The van der Waals surface area contributed by atoms with Gasteiger partial charge in [-0.05, 0) is 44.6 Å². The minimum atomic E-state index is -0.0807. The SMILES string of the molecule is CC(N)C1CCCCN1C(=O)C1CCCN(C(=O)Cc2ccccc2)C1. The molecule has 2 fully saturated rings. The standard InChI is InChI=1S/C21H31N3O2/c1-16(22)19-11-5-6-13-24(19)21(26)18-10-7-12-23(15-18)20(25)14-17-8-3-2-4-9-17/h2-4,8-9,16,18-19H,5-7,10-15,22H2,1H3. The molecule has 1 aromatic carbocycles. The predicted molar refractivity (Wildman–Crippen MR) is 102 cm³/mol. The lowest BCUT2D eigenvalue weighted by molar-refractivity contribution is -0.144. The second kappa shape index (κ2) is 8.67. The number of carbonyl (C=O) groups excluding carboxylic acids is 2. The van der Waals surface area contributed by atoms with Crippen molar-refractivity contribution in [3.8, 4) is 0 Å². The highest BCUT2D eigenvalue weighted by molar-refractivity contribution is 5.82. The Morgan fingerprint density at radius 1 is 1.12 bits per heavy atom. The molecule has 0 spiro atoms. The maximum absolute atomic E-state index is 13.1. The zero-order valence-corrected chi connectivity index (χ0v) is 15.8. The molecule has 5 nitrogen and oxygen atoms in total. The Labute approximate surface area is 156 Å². The fourth-order valence-electron chi connectivity index (χ4n) is 4.30. The third-order valence-corrected chi connectivity index (χ3v) is 5.76. The van der Waals surface area contributed by atoms with Crippen LogP contribution < -0.4 is 5.73 Å². The van der Waals surface area contributed by atoms with Crippen molar-refractivity contribution in [2.45, 2.75) is 57.5 Å². The number of rotatable bonds is 4. The fourth-order valence-corrected chi connectivity index (χ4v) is 4.30. The van der Waals surface area contributed by atoms with Gasteiger partial charge in [-0.25, -0.2) is 0 Å². The number of benzene rings is 1. The van der Waals surface area contributed by atoms with Gasteiger partial charge in [0.15, 0.2) is 0 Å². The second-order valence-corrected chi connectivity index (χ2v) is 7.80. The first-order chi connectivity index (χ1) is 12.6. The van der Waals surface area contributed by atoms with Gasteiger partial charge in [-0.2, -0.15) is 0 Å². The molecule has 3 atom stereocenters. The van der Waals surface area contributed by atoms with Crippen molar-refractivity contribution in [1.29, 1.82) is 0 Å². The lowest BCUT2D eigenvalue weighted by Crippen LogP contribution is -2.55. The Bertz CT molecular complexity index is 617. The van der Waals surface area contributed by atoms with Gasteiger partial charge in [0, 0.05) is 31.7 Å². The maximum Gasteiger partial charge on any atom is 0.227 e. The lowest BCUT2D eigenvalue weighted by Gasteiger charge is -2.42. The molecular formula is C21H31N3O2. The van der Waals surface area contributed by atoms with Crippen LogP contribution >= 0.6 is 0 Å². The summed E-state index contributed by atoms with van der Waals surface area (Å²) in [7, 11) is 0. The van der Waals surface area contributed by atoms with Gasteiger partial charge in [0.05, 0.1) is 12.3 Å². The van der Waals surface area contributed by atoms with Crippen LogP contribution in [0.15, 0.2) is 30.3 Å². The van der Waals surface area contributed by atoms with Gasteiger partial charge in [-0.3, -0.25) is 9.59 Å². The molecule has 2 aliphatic rings. The zero-order chi connectivity index (χ0) is 18.5. The first kappa shape index (κ1) is 18.9. The summed E-state index contributed by atoms with van der Waals surface area (Å²) in [6.45, 7) is 4.10. The van der Waals surface area contributed by atoms with Crippen molar-refractivity contribution < 1.29 is 9.59 Å². The smallest absolute Gasteiger partial charge is 0.227 e. The molecule has 0 radical (unpaired) electrons. The number of amides is 2. The molecule has 2 heterocycles. The normalized spacial score (nSPS) is 25.0. The van der Waals surface area contributed by atoms with Crippen LogP contribution in [0.25, 0.3) is 0 Å². The van der Waals surface area contributed by atoms with Gasteiger partial charge in [-0.1, -0.05) is 30.3 Å². The Morgan fingerprint density at radius 2 is 1.88 bits per heavy atom. The first-order valence-corrected chi connectivity index (χ1v) is 9.94. The molecular weight excluding hydrogens is 326 g/mol. The summed E-state index contributed by atoms with van der Waals surface area (Å²) in [5.74, 6) is 0.239. The fraction of sp³-hybridized carbons (Fsp3) is 0.619. The summed E-state index contributed by atoms with van der Waals surface area (Å²) in [5, 5.41) is 0. The van der Waals surface area contributed by atoms with Gasteiger partial charge in [0.2, 0.25) is 11.8 Å². The van der Waals surface area contributed by atoms with E-state index in [0.717, 1.165) is 50.8 Å². The van der Waals surface area contributed by atoms with Crippen molar-refractivity contribution >= 4 is 11.8 Å². The largest absolute Gasteiger partial charge is 0.342 e. The van der Waals surface area contributed by atoms with E-state index in [1.165, 1.54) is 0 Å². The Kier molecular flexibility index (Phi) is 6.30. The molecule has 0 bridgehead atoms. The average Bonchev–Trinajstić information content (AvgIpc) is 2.68. The summed E-state index contributed by atoms with van der Waals surface area (Å²) < 4.78 is 0. The van der Waals surface area contributed by atoms with Crippen molar-refractivity contribution in [3.05, 3.63) is 35.9 Å². The molecule has 1 aromatic rings. The van der Waals surface area contributed by atoms with Gasteiger partial charge in [0.25, 0.3) is 0 Å². The number of carbonyl (C=O) groups is 2. The van der Waals surface area contributed by atoms with E-state index in [4.69, 9.17) is 5.73 Å². The minimum absolute atomic E-state index is 0.00124. The van der Waals surface area contributed by atoms with Crippen LogP contribution in [-0.2, 0) is 16.0 Å². The molecule has 0 aromatic heterocycles. The van der Waals surface area contributed by atoms with Crippen molar-refractivity contribution in [1.82, 2.24) is 9.80 Å². The van der Waals surface area contributed by atoms with Gasteiger partial charge < -0.3 is 15.5 Å². The number of nitrogens with two attached hydrogens (primary N) is 1. The minimum Gasteiger partial charge on any atom is -0.342 e. The van der Waals surface area contributed by atoms with E-state index in [2.05, 4.69) is 0 Å². The molecule has 26 heavy (non-hydrogen) atoms. The van der Waals surface area contributed by atoms with Crippen LogP contribution in [0.2, 0.25) is 0 Å². The molecule has 3 unspecified atom stereocenters. The summed E-state index contributed by atoms with van der Waals surface area (Å²) >= 11 is 0. The summed E-state index contributed by atoms with van der Waals surface area (Å²) in [5.41, 5.74) is 7.15. The van der Waals surface area contributed by atoms with E-state index in [9.17, 15) is 9.59 Å². The summed E-state index contributed by atoms with van der Waals surface area (Å²) in [6.07, 6.45) is 5.37. The van der Waals surface area contributed by atoms with Crippen LogP contribution in [0, 0.1) is 5.92 Å². The summed E-state index contributed by atoms with van der Waals surface area (Å²) in [6, 6.07) is 9.96. The highest BCUT2D eigenvalue weighted by atomic mass is 16.2. The molecule has 2 N–H and O–H groups in total. The zero-order valence-electron chi connectivity index (χ0n) is 15.8. The summed E-state index contributed by atoms with van der Waals surface area (Å²) in [4.78, 5) is 29.7. The number of hydrogen-bond donors (Lipinski definition) is 1. The molecule has 2 aliphatic heterocycles. The lowest BCUT2D eigenvalue weighted by atomic mass is 9.91.